The number of rotatable bonds is 0. The van der Waals surface area contributed by atoms with Crippen LogP contribution in [-0.4, -0.2) is 0 Å². The monoisotopic (exact) mass is 269 g/mol. The van der Waals surface area contributed by atoms with Crippen LogP contribution >= 0.6 is 0 Å². The zero-order valence-corrected chi connectivity index (χ0v) is 8.57. The predicted octanol–water partition coefficient (Wildman–Crippen LogP) is -2.37. The summed E-state index contributed by atoms with van der Waals surface area (Å²) >= 11 is 0.300. The van der Waals surface area contributed by atoms with Crippen LogP contribution in [0.4, 0.5) is 0 Å². The van der Waals surface area contributed by atoms with Crippen LogP contribution in [0.15, 0.2) is 0 Å². The summed E-state index contributed by atoms with van der Waals surface area (Å²) in [5.74, 6) is 0. The molecule has 0 N–H and O–H groups in total. The van der Waals surface area contributed by atoms with Gasteiger partial charge in [-0.2, -0.15) is 0 Å². The zero-order chi connectivity index (χ0) is 2.00. The Kier molecular flexibility index (Phi) is 164. The summed E-state index contributed by atoms with van der Waals surface area (Å²) < 4.78 is 8.34. The molecule has 23 valence electrons. The first-order chi connectivity index (χ1) is 1.00. The molecular weight excluding hydrogens is 265 g/mol. The first kappa shape index (κ1) is 26.0. The molecule has 0 rings (SSSR count). The Balaban J connectivity index is -0.000000000833. The molecule has 0 unspecified atom stereocenters. The van der Waals surface area contributed by atoms with Crippen LogP contribution in [0.1, 0.15) is 8.85 Å². The summed E-state index contributed by atoms with van der Waals surface area (Å²) in [6.07, 6.45) is 0. The second kappa shape index (κ2) is 31.7. The molecule has 0 aliphatic carbocycles. The van der Waals surface area contributed by atoms with E-state index < -0.39 is 0 Å². The fourth-order valence-electron chi connectivity index (χ4n) is 0. The van der Waals surface area contributed by atoms with Gasteiger partial charge in [0.15, 0.2) is 0 Å². The van der Waals surface area contributed by atoms with E-state index in [1.54, 1.807) is 0 Å². The third-order valence-electron chi connectivity index (χ3n) is 0. The van der Waals surface area contributed by atoms with Crippen molar-refractivity contribution < 1.29 is 83.4 Å². The Bertz CT molecular complexity index is 15.5. The molecule has 0 aliphatic rings. The first-order valence-corrected chi connectivity index (χ1v) is 1.21. The third kappa shape index (κ3) is 21.2. The van der Waals surface area contributed by atoms with Gasteiger partial charge in [0.1, 0.15) is 0 Å². The SMILES string of the molecule is C.[H-].[La].[Li+].[O]=[Zr]. The molecule has 0 saturated carbocycles. The predicted molar refractivity (Wildman–Crippen MR) is 8.53 cm³/mol. The van der Waals surface area contributed by atoms with E-state index in [4.69, 9.17) is 2.81 Å². The molecule has 0 bridgehead atoms. The average Bonchev–Trinajstić information content (AvgIpc) is 1.00. The molecule has 0 aromatic carbocycles. The Morgan fingerprint density at radius 3 is 1.40 bits per heavy atom. The molecule has 0 aromatic rings. The second-order valence-electron chi connectivity index (χ2n) is 0. The van der Waals surface area contributed by atoms with Gasteiger partial charge in [-0.05, 0) is 0 Å². The van der Waals surface area contributed by atoms with Crippen molar-refractivity contribution in [3.8, 4) is 0 Å². The molecule has 0 aromatic heterocycles. The van der Waals surface area contributed by atoms with Crippen molar-refractivity contribution in [2.75, 3.05) is 0 Å². The van der Waals surface area contributed by atoms with E-state index in [0.717, 1.165) is 0 Å². The summed E-state index contributed by atoms with van der Waals surface area (Å²) in [6, 6.07) is 0. The van der Waals surface area contributed by atoms with Crippen molar-refractivity contribution >= 4 is 0 Å². The van der Waals surface area contributed by atoms with Gasteiger partial charge in [-0.25, -0.2) is 0 Å². The van der Waals surface area contributed by atoms with Gasteiger partial charge in [0.2, 0.25) is 0 Å². The third-order valence-corrected chi connectivity index (χ3v) is 0. The zero-order valence-electron chi connectivity index (χ0n) is 3.49. The molecule has 0 atom stereocenters. The average molecular weight is 270 g/mol. The molecule has 0 amide bonds. The van der Waals surface area contributed by atoms with Gasteiger partial charge >= 0.3 is 46.4 Å². The van der Waals surface area contributed by atoms with E-state index in [9.17, 15) is 0 Å². The topological polar surface area (TPSA) is 17.1 Å². The molecule has 0 heterocycles. The van der Waals surface area contributed by atoms with Gasteiger partial charge in [0.05, 0.1) is 0 Å². The number of hydrogen-bond acceptors (Lipinski definition) is 1. The summed E-state index contributed by atoms with van der Waals surface area (Å²) in [4.78, 5) is 0. The molecule has 4 heteroatoms. The van der Waals surface area contributed by atoms with Crippen molar-refractivity contribution in [3.05, 3.63) is 0 Å². The molecule has 0 aliphatic heterocycles. The molecular formula is CH5LaLiOZr. The van der Waals surface area contributed by atoms with Crippen molar-refractivity contribution in [2.24, 2.45) is 0 Å². The maximum absolute atomic E-state index is 8.34. The van der Waals surface area contributed by atoms with Gasteiger partial charge in [0, 0.05) is 35.6 Å². The fourth-order valence-corrected chi connectivity index (χ4v) is 0. The summed E-state index contributed by atoms with van der Waals surface area (Å²) in [5, 5.41) is 0. The van der Waals surface area contributed by atoms with E-state index in [1.165, 1.54) is 0 Å². The van der Waals surface area contributed by atoms with Gasteiger partial charge in [-0.1, -0.05) is 7.43 Å². The van der Waals surface area contributed by atoms with Crippen molar-refractivity contribution in [2.45, 2.75) is 7.43 Å². The first-order valence-electron chi connectivity index (χ1n) is 0.204. The minimum atomic E-state index is 0. The maximum atomic E-state index is 8.34. The van der Waals surface area contributed by atoms with Crippen molar-refractivity contribution in [1.29, 1.82) is 0 Å². The fraction of sp³-hybridized carbons (Fsp3) is 1.00. The van der Waals surface area contributed by atoms with Crippen molar-refractivity contribution in [1.82, 2.24) is 0 Å². The summed E-state index contributed by atoms with van der Waals surface area (Å²) in [7, 11) is 0. The van der Waals surface area contributed by atoms with E-state index in [2.05, 4.69) is 0 Å². The van der Waals surface area contributed by atoms with E-state index >= 15 is 0 Å². The van der Waals surface area contributed by atoms with E-state index in [1.807, 2.05) is 0 Å². The van der Waals surface area contributed by atoms with Gasteiger partial charge < -0.3 is 1.43 Å². The Morgan fingerprint density at radius 1 is 1.40 bits per heavy atom. The number of hydrogen-bond donors (Lipinski definition) is 0. The van der Waals surface area contributed by atoms with Crippen molar-refractivity contribution in [3.63, 3.8) is 0 Å². The standard InChI is InChI=1S/CH4.La.Li.O.Zr.H/h1H4;;;;;/q;;+1;;;-1. The van der Waals surface area contributed by atoms with Crippen LogP contribution in [0, 0.1) is 35.6 Å². The Labute approximate surface area is 89.2 Å². The molecule has 0 saturated heterocycles. The van der Waals surface area contributed by atoms with E-state index in [0.29, 0.717) is 24.7 Å². The van der Waals surface area contributed by atoms with Crippen LogP contribution in [0.25, 0.3) is 0 Å². The van der Waals surface area contributed by atoms with Crippen LogP contribution in [0.3, 0.4) is 0 Å². The second-order valence-corrected chi connectivity index (χ2v) is 0. The molecule has 0 fully saturated rings. The quantitative estimate of drug-likeness (QED) is 0.450. The normalized spacial score (nSPS) is 0.600. The Morgan fingerprint density at radius 2 is 1.40 bits per heavy atom. The van der Waals surface area contributed by atoms with Crippen LogP contribution in [-0.2, 0) is 27.5 Å². The molecule has 0 spiro atoms. The summed E-state index contributed by atoms with van der Waals surface area (Å²) in [6.45, 7) is 0. The minimum absolute atomic E-state index is 0. The van der Waals surface area contributed by atoms with Crippen LogP contribution < -0.4 is 18.9 Å². The van der Waals surface area contributed by atoms with Crippen LogP contribution in [0.5, 0.6) is 0 Å². The molecule has 1 nitrogen and oxygen atoms in total. The van der Waals surface area contributed by atoms with Gasteiger partial charge in [-0.15, -0.1) is 0 Å². The molecule has 5 heavy (non-hydrogen) atoms. The summed E-state index contributed by atoms with van der Waals surface area (Å²) in [5.41, 5.74) is 0. The van der Waals surface area contributed by atoms with Gasteiger partial charge in [-0.3, -0.25) is 0 Å². The van der Waals surface area contributed by atoms with E-state index in [-0.39, 0.29) is 63.3 Å². The van der Waals surface area contributed by atoms with Crippen LogP contribution in [0.2, 0.25) is 0 Å². The van der Waals surface area contributed by atoms with Gasteiger partial charge in [0.25, 0.3) is 0 Å². The Hall–Kier alpha value is 2.48. The molecule has 1 radical (unpaired) electrons.